The lowest BCUT2D eigenvalue weighted by Gasteiger charge is -2.28. The smallest absolute Gasteiger partial charge is 0.266 e. The van der Waals surface area contributed by atoms with Crippen LogP contribution in [-0.2, 0) is 4.74 Å². The summed E-state index contributed by atoms with van der Waals surface area (Å²) < 4.78 is 11.1. The Balaban J connectivity index is 1.71. The fraction of sp³-hybridized carbons (Fsp3) is 0.857. The Morgan fingerprint density at radius 1 is 1.20 bits per heavy atom. The van der Waals surface area contributed by atoms with E-state index in [-0.39, 0.29) is 5.92 Å². The summed E-state index contributed by atoms with van der Waals surface area (Å²) in [6, 6.07) is 0.362. The van der Waals surface area contributed by atoms with Crippen molar-refractivity contribution in [2.75, 3.05) is 38.3 Å². The third-order valence-electron chi connectivity index (χ3n) is 4.36. The standard InChI is InChI=1S/C14H24N4O2/c1-15-12-6-9-19-10-11(12)13-16-14(17-20-13)18-7-4-2-3-5-8-18/h11-12,15H,2-10H2,1H3. The Morgan fingerprint density at radius 2 is 2.00 bits per heavy atom. The molecule has 0 spiro atoms. The highest BCUT2D eigenvalue weighted by molar-refractivity contribution is 5.28. The molecule has 20 heavy (non-hydrogen) atoms. The van der Waals surface area contributed by atoms with E-state index < -0.39 is 0 Å². The molecule has 6 nitrogen and oxygen atoms in total. The molecule has 2 aliphatic rings. The highest BCUT2D eigenvalue weighted by Gasteiger charge is 2.31. The molecule has 0 saturated carbocycles. The monoisotopic (exact) mass is 280 g/mol. The Hall–Kier alpha value is -1.14. The summed E-state index contributed by atoms with van der Waals surface area (Å²) >= 11 is 0. The number of nitrogens with zero attached hydrogens (tertiary/aromatic N) is 3. The van der Waals surface area contributed by atoms with Gasteiger partial charge >= 0.3 is 0 Å². The minimum atomic E-state index is 0.168. The Morgan fingerprint density at radius 3 is 2.75 bits per heavy atom. The maximum atomic E-state index is 5.56. The largest absolute Gasteiger partial charge is 0.381 e. The van der Waals surface area contributed by atoms with Crippen LogP contribution in [0, 0.1) is 0 Å². The zero-order valence-corrected chi connectivity index (χ0v) is 12.2. The normalized spacial score (nSPS) is 28.4. The average Bonchev–Trinajstić information content (AvgIpc) is 2.82. The van der Waals surface area contributed by atoms with Crippen LogP contribution in [0.15, 0.2) is 4.52 Å². The SMILES string of the molecule is CNC1CCOCC1c1nc(N2CCCCCC2)no1. The van der Waals surface area contributed by atoms with E-state index in [1.54, 1.807) is 0 Å². The fourth-order valence-electron chi connectivity index (χ4n) is 3.10. The van der Waals surface area contributed by atoms with Gasteiger partial charge in [-0.1, -0.05) is 12.8 Å². The van der Waals surface area contributed by atoms with E-state index in [0.29, 0.717) is 18.5 Å². The van der Waals surface area contributed by atoms with E-state index in [1.165, 1.54) is 25.7 Å². The summed E-state index contributed by atoms with van der Waals surface area (Å²) in [5, 5.41) is 7.51. The molecule has 0 aliphatic carbocycles. The minimum absolute atomic E-state index is 0.168. The highest BCUT2D eigenvalue weighted by Crippen LogP contribution is 2.26. The summed E-state index contributed by atoms with van der Waals surface area (Å²) in [5.41, 5.74) is 0. The number of hydrogen-bond acceptors (Lipinski definition) is 6. The van der Waals surface area contributed by atoms with Crippen LogP contribution in [0.5, 0.6) is 0 Å². The number of anilines is 1. The van der Waals surface area contributed by atoms with Crippen molar-refractivity contribution in [2.45, 2.75) is 44.1 Å². The van der Waals surface area contributed by atoms with Crippen molar-refractivity contribution in [2.24, 2.45) is 0 Å². The van der Waals surface area contributed by atoms with Crippen LogP contribution in [-0.4, -0.2) is 49.5 Å². The van der Waals surface area contributed by atoms with E-state index in [0.717, 1.165) is 32.1 Å². The van der Waals surface area contributed by atoms with Gasteiger partial charge in [-0.05, 0) is 31.5 Å². The second kappa shape index (κ2) is 6.54. The maximum absolute atomic E-state index is 5.56. The first kappa shape index (κ1) is 13.8. The lowest BCUT2D eigenvalue weighted by molar-refractivity contribution is 0.0516. The molecular formula is C14H24N4O2. The van der Waals surface area contributed by atoms with Crippen molar-refractivity contribution in [3.8, 4) is 0 Å². The second-order valence-corrected chi connectivity index (χ2v) is 5.70. The quantitative estimate of drug-likeness (QED) is 0.906. The van der Waals surface area contributed by atoms with Gasteiger partial charge in [-0.3, -0.25) is 0 Å². The van der Waals surface area contributed by atoms with Gasteiger partial charge in [0.1, 0.15) is 0 Å². The van der Waals surface area contributed by atoms with Crippen LogP contribution in [0.3, 0.4) is 0 Å². The van der Waals surface area contributed by atoms with Crippen molar-refractivity contribution in [1.82, 2.24) is 15.5 Å². The predicted octanol–water partition coefficient (Wildman–Crippen LogP) is 1.54. The first-order valence-corrected chi connectivity index (χ1v) is 7.72. The zero-order valence-electron chi connectivity index (χ0n) is 12.2. The van der Waals surface area contributed by atoms with Crippen LogP contribution in [0.2, 0.25) is 0 Å². The van der Waals surface area contributed by atoms with Crippen molar-refractivity contribution in [1.29, 1.82) is 0 Å². The van der Waals surface area contributed by atoms with Crippen LogP contribution < -0.4 is 10.2 Å². The van der Waals surface area contributed by atoms with Gasteiger partial charge in [0.05, 0.1) is 12.5 Å². The third kappa shape index (κ3) is 2.96. The molecule has 2 aliphatic heterocycles. The van der Waals surface area contributed by atoms with Crippen molar-refractivity contribution < 1.29 is 9.26 Å². The van der Waals surface area contributed by atoms with E-state index in [9.17, 15) is 0 Å². The Bertz CT molecular complexity index is 415. The molecule has 3 heterocycles. The molecule has 3 rings (SSSR count). The molecule has 1 N–H and O–H groups in total. The van der Waals surface area contributed by atoms with Gasteiger partial charge < -0.3 is 19.5 Å². The molecule has 6 heteroatoms. The molecule has 0 amide bonds. The first-order valence-electron chi connectivity index (χ1n) is 7.72. The maximum Gasteiger partial charge on any atom is 0.266 e. The molecule has 2 fully saturated rings. The summed E-state index contributed by atoms with van der Waals surface area (Å²) in [4.78, 5) is 6.87. The fourth-order valence-corrected chi connectivity index (χ4v) is 3.10. The Kier molecular flexibility index (Phi) is 4.52. The number of nitrogens with one attached hydrogen (secondary N) is 1. The minimum Gasteiger partial charge on any atom is -0.381 e. The van der Waals surface area contributed by atoms with Crippen molar-refractivity contribution in [3.63, 3.8) is 0 Å². The number of aromatic nitrogens is 2. The van der Waals surface area contributed by atoms with E-state index in [1.807, 2.05) is 7.05 Å². The summed E-state index contributed by atoms with van der Waals surface area (Å²) in [7, 11) is 1.98. The molecule has 2 saturated heterocycles. The predicted molar refractivity (Wildman–Crippen MR) is 76.0 cm³/mol. The molecule has 2 unspecified atom stereocenters. The molecule has 112 valence electrons. The summed E-state index contributed by atoms with van der Waals surface area (Å²) in [5.74, 6) is 1.63. The van der Waals surface area contributed by atoms with E-state index in [4.69, 9.17) is 9.26 Å². The van der Waals surface area contributed by atoms with Gasteiger partial charge in [-0.25, -0.2) is 0 Å². The van der Waals surface area contributed by atoms with Gasteiger partial charge in [0.25, 0.3) is 5.95 Å². The lowest BCUT2D eigenvalue weighted by Crippen LogP contribution is -2.39. The third-order valence-corrected chi connectivity index (χ3v) is 4.36. The van der Waals surface area contributed by atoms with Gasteiger partial charge in [0.15, 0.2) is 0 Å². The number of ether oxygens (including phenoxy) is 1. The van der Waals surface area contributed by atoms with E-state index >= 15 is 0 Å². The molecule has 2 atom stereocenters. The van der Waals surface area contributed by atoms with Crippen LogP contribution in [0.25, 0.3) is 0 Å². The number of hydrogen-bond donors (Lipinski definition) is 1. The van der Waals surface area contributed by atoms with E-state index in [2.05, 4.69) is 20.4 Å². The first-order chi connectivity index (χ1) is 9.88. The van der Waals surface area contributed by atoms with Crippen LogP contribution in [0.1, 0.15) is 43.9 Å². The summed E-state index contributed by atoms with van der Waals surface area (Å²) in [6.45, 7) is 3.54. The average molecular weight is 280 g/mol. The van der Waals surface area contributed by atoms with Gasteiger partial charge in [0.2, 0.25) is 5.89 Å². The molecule has 0 aromatic carbocycles. The van der Waals surface area contributed by atoms with Gasteiger partial charge in [-0.15, -0.1) is 0 Å². The Labute approximate surface area is 119 Å². The lowest BCUT2D eigenvalue weighted by atomic mass is 9.96. The number of rotatable bonds is 3. The van der Waals surface area contributed by atoms with Gasteiger partial charge in [0, 0.05) is 25.7 Å². The van der Waals surface area contributed by atoms with Crippen LogP contribution in [0.4, 0.5) is 5.95 Å². The zero-order chi connectivity index (χ0) is 13.8. The molecule has 0 radical (unpaired) electrons. The van der Waals surface area contributed by atoms with Crippen molar-refractivity contribution in [3.05, 3.63) is 5.89 Å². The molecular weight excluding hydrogens is 256 g/mol. The van der Waals surface area contributed by atoms with Gasteiger partial charge in [-0.2, -0.15) is 4.98 Å². The topological polar surface area (TPSA) is 63.4 Å². The summed E-state index contributed by atoms with van der Waals surface area (Å²) in [6.07, 6.45) is 6.03. The molecule has 0 bridgehead atoms. The molecule has 1 aromatic heterocycles. The number of likely N-dealkylation sites (N-methyl/N-ethyl adjacent to an activating group) is 1. The molecule has 1 aromatic rings. The van der Waals surface area contributed by atoms with Crippen LogP contribution >= 0.6 is 0 Å². The van der Waals surface area contributed by atoms with Crippen molar-refractivity contribution >= 4 is 5.95 Å². The second-order valence-electron chi connectivity index (χ2n) is 5.70. The highest BCUT2D eigenvalue weighted by atomic mass is 16.5.